The van der Waals surface area contributed by atoms with Crippen molar-refractivity contribution in [1.29, 1.82) is 0 Å². The van der Waals surface area contributed by atoms with Gasteiger partial charge in [-0.15, -0.1) is 10.2 Å². The molecule has 4 nitrogen and oxygen atoms in total. The summed E-state index contributed by atoms with van der Waals surface area (Å²) >= 11 is 1.55. The number of hydrogen-bond donors (Lipinski definition) is 1. The molecular formula is C12H15N3OS. The van der Waals surface area contributed by atoms with Gasteiger partial charge in [0.05, 0.1) is 6.61 Å². The first kappa shape index (κ1) is 12.1. The fraction of sp³-hybridized carbons (Fsp3) is 0.333. The smallest absolute Gasteiger partial charge is 0.191 e. The second-order valence-corrected chi connectivity index (χ2v) is 4.41. The first-order valence-corrected chi connectivity index (χ1v) is 6.68. The molecule has 0 radical (unpaired) electrons. The summed E-state index contributed by atoms with van der Waals surface area (Å²) in [5, 5.41) is 18.2. The monoisotopic (exact) mass is 249 g/mol. The summed E-state index contributed by atoms with van der Waals surface area (Å²) in [5.41, 5.74) is 1.20. The molecule has 17 heavy (non-hydrogen) atoms. The molecule has 0 aliphatic rings. The van der Waals surface area contributed by atoms with Crippen LogP contribution >= 0.6 is 11.8 Å². The molecule has 0 fully saturated rings. The highest BCUT2D eigenvalue weighted by atomic mass is 32.2. The van der Waals surface area contributed by atoms with E-state index in [0.717, 1.165) is 17.4 Å². The zero-order valence-electron chi connectivity index (χ0n) is 9.71. The fourth-order valence-electron chi connectivity index (χ4n) is 1.70. The molecule has 5 heteroatoms. The molecule has 0 unspecified atom stereocenters. The van der Waals surface area contributed by atoms with E-state index in [1.54, 1.807) is 11.8 Å². The van der Waals surface area contributed by atoms with Crippen molar-refractivity contribution in [2.24, 2.45) is 0 Å². The van der Waals surface area contributed by atoms with Crippen LogP contribution in [0.3, 0.4) is 0 Å². The van der Waals surface area contributed by atoms with E-state index >= 15 is 0 Å². The van der Waals surface area contributed by atoms with Crippen molar-refractivity contribution < 1.29 is 5.11 Å². The van der Waals surface area contributed by atoms with Crippen LogP contribution in [0, 0.1) is 0 Å². The highest BCUT2D eigenvalue weighted by molar-refractivity contribution is 7.98. The van der Waals surface area contributed by atoms with Gasteiger partial charge in [-0.25, -0.2) is 0 Å². The normalized spacial score (nSPS) is 10.7. The van der Waals surface area contributed by atoms with Crippen molar-refractivity contribution in [2.45, 2.75) is 18.1 Å². The molecule has 1 aromatic carbocycles. The molecule has 2 aromatic rings. The molecule has 0 amide bonds. The van der Waals surface area contributed by atoms with E-state index in [9.17, 15) is 0 Å². The van der Waals surface area contributed by atoms with Crippen molar-refractivity contribution >= 4 is 11.8 Å². The number of hydrogen-bond acceptors (Lipinski definition) is 4. The molecule has 1 heterocycles. The molecule has 0 aliphatic heterocycles. The van der Waals surface area contributed by atoms with Gasteiger partial charge in [-0.2, -0.15) is 0 Å². The van der Waals surface area contributed by atoms with Crippen molar-refractivity contribution in [3.05, 3.63) is 41.7 Å². The Morgan fingerprint density at radius 2 is 2.00 bits per heavy atom. The number of aliphatic hydroxyl groups is 1. The van der Waals surface area contributed by atoms with Gasteiger partial charge in [0.15, 0.2) is 5.16 Å². The van der Waals surface area contributed by atoms with Gasteiger partial charge in [0.25, 0.3) is 0 Å². The predicted octanol–water partition coefficient (Wildman–Crippen LogP) is 1.58. The Balaban J connectivity index is 2.23. The Kier molecular flexibility index (Phi) is 4.17. The van der Waals surface area contributed by atoms with E-state index in [-0.39, 0.29) is 6.61 Å². The molecule has 2 rings (SSSR count). The van der Waals surface area contributed by atoms with Gasteiger partial charge in [-0.1, -0.05) is 42.1 Å². The van der Waals surface area contributed by atoms with Crippen LogP contribution in [-0.2, 0) is 13.0 Å². The van der Waals surface area contributed by atoms with E-state index in [0.29, 0.717) is 6.54 Å². The van der Waals surface area contributed by atoms with Gasteiger partial charge in [-0.3, -0.25) is 0 Å². The maximum atomic E-state index is 9.06. The third-order valence-corrected chi connectivity index (χ3v) is 3.17. The molecule has 0 atom stereocenters. The second-order valence-electron chi connectivity index (χ2n) is 3.64. The van der Waals surface area contributed by atoms with Crippen LogP contribution in [0.15, 0.2) is 35.5 Å². The molecule has 1 N–H and O–H groups in total. The van der Waals surface area contributed by atoms with Gasteiger partial charge in [0, 0.05) is 13.0 Å². The lowest BCUT2D eigenvalue weighted by Gasteiger charge is -2.07. The van der Waals surface area contributed by atoms with Gasteiger partial charge >= 0.3 is 0 Å². The lowest BCUT2D eigenvalue weighted by Crippen LogP contribution is -2.08. The van der Waals surface area contributed by atoms with Gasteiger partial charge in [0.2, 0.25) is 0 Å². The topological polar surface area (TPSA) is 50.9 Å². The summed E-state index contributed by atoms with van der Waals surface area (Å²) in [5.74, 6) is 0.898. The lowest BCUT2D eigenvalue weighted by molar-refractivity contribution is 0.269. The minimum Gasteiger partial charge on any atom is -0.395 e. The minimum absolute atomic E-state index is 0.105. The third-order valence-electron chi connectivity index (χ3n) is 2.50. The summed E-state index contributed by atoms with van der Waals surface area (Å²) in [6.07, 6.45) is 2.71. The van der Waals surface area contributed by atoms with Crippen LogP contribution in [0.1, 0.15) is 11.4 Å². The molecule has 0 aliphatic carbocycles. The number of rotatable bonds is 5. The second kappa shape index (κ2) is 5.84. The van der Waals surface area contributed by atoms with Crippen LogP contribution < -0.4 is 0 Å². The van der Waals surface area contributed by atoms with E-state index in [1.807, 2.05) is 29.0 Å². The first-order valence-electron chi connectivity index (χ1n) is 5.46. The van der Waals surface area contributed by atoms with Crippen molar-refractivity contribution in [3.63, 3.8) is 0 Å². The molecule has 1 aromatic heterocycles. The van der Waals surface area contributed by atoms with Crippen LogP contribution in [0.4, 0.5) is 0 Å². The van der Waals surface area contributed by atoms with Gasteiger partial charge < -0.3 is 9.67 Å². The van der Waals surface area contributed by atoms with E-state index in [1.165, 1.54) is 5.56 Å². The number of benzene rings is 1. The zero-order valence-corrected chi connectivity index (χ0v) is 10.5. The van der Waals surface area contributed by atoms with E-state index in [2.05, 4.69) is 22.3 Å². The van der Waals surface area contributed by atoms with Crippen LogP contribution in [-0.4, -0.2) is 32.7 Å². The van der Waals surface area contributed by atoms with Crippen molar-refractivity contribution in [3.8, 4) is 0 Å². The quantitative estimate of drug-likeness (QED) is 0.817. The molecule has 0 spiro atoms. The molecule has 0 saturated heterocycles. The minimum atomic E-state index is 0.105. The molecule has 0 bridgehead atoms. The first-order chi connectivity index (χ1) is 8.35. The Labute approximate surface area is 105 Å². The number of aliphatic hydroxyl groups excluding tert-OH is 1. The fourth-order valence-corrected chi connectivity index (χ4v) is 2.24. The summed E-state index contributed by atoms with van der Waals surface area (Å²) in [4.78, 5) is 0. The summed E-state index contributed by atoms with van der Waals surface area (Å²) in [7, 11) is 0. The van der Waals surface area contributed by atoms with Gasteiger partial charge in [0.1, 0.15) is 5.82 Å². The molecular weight excluding hydrogens is 234 g/mol. The summed E-state index contributed by atoms with van der Waals surface area (Å²) in [6, 6.07) is 10.2. The average Bonchev–Trinajstić information content (AvgIpc) is 2.74. The zero-order chi connectivity index (χ0) is 12.1. The van der Waals surface area contributed by atoms with Crippen LogP contribution in [0.25, 0.3) is 0 Å². The maximum absolute atomic E-state index is 9.06. The maximum Gasteiger partial charge on any atom is 0.191 e. The summed E-state index contributed by atoms with van der Waals surface area (Å²) < 4.78 is 1.97. The van der Waals surface area contributed by atoms with Crippen LogP contribution in [0.5, 0.6) is 0 Å². The largest absolute Gasteiger partial charge is 0.395 e. The Morgan fingerprint density at radius 1 is 1.24 bits per heavy atom. The molecule has 90 valence electrons. The highest BCUT2D eigenvalue weighted by Crippen LogP contribution is 2.15. The number of aromatic nitrogens is 3. The van der Waals surface area contributed by atoms with Crippen molar-refractivity contribution in [2.75, 3.05) is 12.9 Å². The van der Waals surface area contributed by atoms with E-state index < -0.39 is 0 Å². The standard InChI is InChI=1S/C12H15N3OS/c1-17-12-14-13-11(15(12)7-8-16)9-10-5-3-2-4-6-10/h2-6,16H,7-9H2,1H3. The van der Waals surface area contributed by atoms with Crippen molar-refractivity contribution in [1.82, 2.24) is 14.8 Å². The summed E-state index contributed by atoms with van der Waals surface area (Å²) in [6.45, 7) is 0.652. The average molecular weight is 249 g/mol. The Bertz CT molecular complexity index is 470. The van der Waals surface area contributed by atoms with Crippen LogP contribution in [0.2, 0.25) is 0 Å². The lowest BCUT2D eigenvalue weighted by atomic mass is 10.1. The number of thioether (sulfide) groups is 1. The van der Waals surface area contributed by atoms with Gasteiger partial charge in [-0.05, 0) is 11.8 Å². The third kappa shape index (κ3) is 2.87. The Morgan fingerprint density at radius 3 is 2.65 bits per heavy atom. The Hall–Kier alpha value is -1.33. The predicted molar refractivity (Wildman–Crippen MR) is 68.1 cm³/mol. The number of nitrogens with zero attached hydrogens (tertiary/aromatic N) is 3. The SMILES string of the molecule is CSc1nnc(Cc2ccccc2)n1CCO. The highest BCUT2D eigenvalue weighted by Gasteiger charge is 2.10. The van der Waals surface area contributed by atoms with E-state index in [4.69, 9.17) is 5.11 Å². The molecule has 0 saturated carbocycles.